The van der Waals surface area contributed by atoms with Gasteiger partial charge in [-0.05, 0) is 36.9 Å². The van der Waals surface area contributed by atoms with Gasteiger partial charge < -0.3 is 14.4 Å². The van der Waals surface area contributed by atoms with E-state index < -0.39 is 11.5 Å². The van der Waals surface area contributed by atoms with Gasteiger partial charge in [-0.25, -0.2) is 0 Å². The number of aryl methyl sites for hydroxylation is 2. The summed E-state index contributed by atoms with van der Waals surface area (Å²) in [5.74, 6) is -0.276. The number of benzene rings is 1. The summed E-state index contributed by atoms with van der Waals surface area (Å²) in [5.41, 5.74) is 0.382. The largest absolute Gasteiger partial charge is 0.469 e. The number of hydrogen-bond donors (Lipinski definition) is 1. The van der Waals surface area contributed by atoms with Crippen molar-refractivity contribution in [3.8, 4) is 0 Å². The second-order valence-electron chi connectivity index (χ2n) is 6.80. The fraction of sp³-hybridized carbons (Fsp3) is 0.238. The first-order valence-electron chi connectivity index (χ1n) is 8.66. The van der Waals surface area contributed by atoms with Gasteiger partial charge in [0.2, 0.25) is 0 Å². The SMILES string of the molecule is Cc1coc(C)c1C(=O)C[C@]1(O)C(=O)N(Cc2cccs2)c2ccccc21. The number of para-hydroxylation sites is 1. The molecule has 1 amide bonds. The van der Waals surface area contributed by atoms with Crippen molar-refractivity contribution in [1.29, 1.82) is 0 Å². The molecule has 27 heavy (non-hydrogen) atoms. The van der Waals surface area contributed by atoms with E-state index in [1.54, 1.807) is 48.3 Å². The predicted molar refractivity (Wildman–Crippen MR) is 103 cm³/mol. The Morgan fingerprint density at radius 3 is 2.67 bits per heavy atom. The van der Waals surface area contributed by atoms with Crippen LogP contribution in [0.4, 0.5) is 5.69 Å². The fourth-order valence-corrected chi connectivity index (χ4v) is 4.39. The molecule has 1 aromatic carbocycles. The number of rotatable bonds is 5. The van der Waals surface area contributed by atoms with Crippen LogP contribution in [0.1, 0.15) is 38.5 Å². The molecule has 0 fully saturated rings. The van der Waals surface area contributed by atoms with E-state index >= 15 is 0 Å². The average Bonchev–Trinajstić information content (AvgIpc) is 3.32. The number of nitrogens with zero attached hydrogens (tertiary/aromatic N) is 1. The maximum Gasteiger partial charge on any atom is 0.264 e. The van der Waals surface area contributed by atoms with Gasteiger partial charge in [-0.2, -0.15) is 0 Å². The fourth-order valence-electron chi connectivity index (χ4n) is 3.70. The topological polar surface area (TPSA) is 70.7 Å². The van der Waals surface area contributed by atoms with Crippen molar-refractivity contribution >= 4 is 28.7 Å². The van der Waals surface area contributed by atoms with Gasteiger partial charge in [-0.15, -0.1) is 11.3 Å². The number of aliphatic hydroxyl groups is 1. The summed E-state index contributed by atoms with van der Waals surface area (Å²) in [4.78, 5) is 28.7. The molecule has 1 aliphatic rings. The molecular weight excluding hydrogens is 362 g/mol. The molecule has 0 aliphatic carbocycles. The van der Waals surface area contributed by atoms with Crippen molar-refractivity contribution < 1.29 is 19.1 Å². The van der Waals surface area contributed by atoms with Crippen LogP contribution in [0.3, 0.4) is 0 Å². The minimum atomic E-state index is -1.87. The summed E-state index contributed by atoms with van der Waals surface area (Å²) in [6.07, 6.45) is 1.20. The molecule has 2 aromatic heterocycles. The highest BCUT2D eigenvalue weighted by atomic mass is 32.1. The van der Waals surface area contributed by atoms with Crippen LogP contribution in [-0.2, 0) is 16.9 Å². The zero-order valence-electron chi connectivity index (χ0n) is 15.1. The number of carbonyl (C=O) groups is 2. The minimum absolute atomic E-state index is 0.303. The van der Waals surface area contributed by atoms with Gasteiger partial charge in [-0.3, -0.25) is 9.59 Å². The lowest BCUT2D eigenvalue weighted by Crippen LogP contribution is -2.41. The number of Topliss-reactive ketones (excluding diaryl/α,β-unsaturated/α-hetero) is 1. The van der Waals surface area contributed by atoms with Crippen LogP contribution >= 0.6 is 11.3 Å². The predicted octanol–water partition coefficient (Wildman–Crippen LogP) is 3.97. The molecule has 0 bridgehead atoms. The van der Waals surface area contributed by atoms with Crippen molar-refractivity contribution in [3.63, 3.8) is 0 Å². The van der Waals surface area contributed by atoms with Gasteiger partial charge in [0.25, 0.3) is 5.91 Å². The maximum absolute atomic E-state index is 13.2. The molecule has 5 nitrogen and oxygen atoms in total. The van der Waals surface area contributed by atoms with Gasteiger partial charge in [-0.1, -0.05) is 24.3 Å². The van der Waals surface area contributed by atoms with Crippen LogP contribution in [0.2, 0.25) is 0 Å². The monoisotopic (exact) mass is 381 g/mol. The average molecular weight is 381 g/mol. The van der Waals surface area contributed by atoms with E-state index in [1.165, 1.54) is 6.26 Å². The molecule has 3 aromatic rings. The van der Waals surface area contributed by atoms with E-state index in [0.717, 1.165) is 4.88 Å². The minimum Gasteiger partial charge on any atom is -0.469 e. The molecule has 0 saturated heterocycles. The third-order valence-electron chi connectivity index (χ3n) is 4.99. The summed E-state index contributed by atoms with van der Waals surface area (Å²) in [7, 11) is 0. The summed E-state index contributed by atoms with van der Waals surface area (Å²) in [5, 5.41) is 13.3. The van der Waals surface area contributed by atoms with E-state index in [0.29, 0.717) is 34.7 Å². The van der Waals surface area contributed by atoms with E-state index in [2.05, 4.69) is 0 Å². The Bertz CT molecular complexity index is 1000. The van der Waals surface area contributed by atoms with Gasteiger partial charge in [0, 0.05) is 10.4 Å². The third kappa shape index (κ3) is 2.81. The van der Waals surface area contributed by atoms with E-state index in [9.17, 15) is 14.7 Å². The Morgan fingerprint density at radius 1 is 1.22 bits per heavy atom. The Balaban J connectivity index is 1.71. The van der Waals surface area contributed by atoms with Crippen LogP contribution in [0.25, 0.3) is 0 Å². The Kier molecular flexibility index (Phi) is 4.25. The molecule has 6 heteroatoms. The molecule has 1 aliphatic heterocycles. The second kappa shape index (κ2) is 6.48. The first-order chi connectivity index (χ1) is 12.9. The quantitative estimate of drug-likeness (QED) is 0.679. The standard InChI is InChI=1S/C21H19NO4S/c1-13-12-26-14(2)19(13)18(23)10-21(25)16-7-3-4-8-17(16)22(20(21)24)11-15-6-5-9-27-15/h3-9,12,25H,10-11H2,1-2H3/t21-/m1/s1. The van der Waals surface area contributed by atoms with Crippen LogP contribution in [0.15, 0.2) is 52.5 Å². The van der Waals surface area contributed by atoms with Crippen LogP contribution in [0.5, 0.6) is 0 Å². The molecule has 0 radical (unpaired) electrons. The number of ketones is 1. The third-order valence-corrected chi connectivity index (χ3v) is 5.85. The molecule has 1 N–H and O–H groups in total. The first kappa shape index (κ1) is 17.7. The van der Waals surface area contributed by atoms with E-state index in [4.69, 9.17) is 4.42 Å². The number of anilines is 1. The molecule has 3 heterocycles. The van der Waals surface area contributed by atoms with Crippen molar-refractivity contribution in [3.05, 3.63) is 75.4 Å². The zero-order valence-corrected chi connectivity index (χ0v) is 15.9. The highest BCUT2D eigenvalue weighted by Gasteiger charge is 2.51. The van der Waals surface area contributed by atoms with Crippen LogP contribution in [0, 0.1) is 13.8 Å². The molecule has 1 atom stereocenters. The molecule has 0 unspecified atom stereocenters. The smallest absolute Gasteiger partial charge is 0.264 e. The molecule has 0 spiro atoms. The Labute approximate surface area is 160 Å². The molecular formula is C21H19NO4S. The number of fused-ring (bicyclic) bond motifs is 1. The first-order valence-corrected chi connectivity index (χ1v) is 9.54. The summed E-state index contributed by atoms with van der Waals surface area (Å²) >= 11 is 1.55. The number of hydrogen-bond acceptors (Lipinski definition) is 5. The summed E-state index contributed by atoms with van der Waals surface area (Å²) in [6.45, 7) is 3.85. The normalized spacial score (nSPS) is 18.8. The maximum atomic E-state index is 13.2. The number of thiophene rings is 1. The molecule has 138 valence electrons. The second-order valence-corrected chi connectivity index (χ2v) is 7.83. The highest BCUT2D eigenvalue weighted by Crippen LogP contribution is 2.44. The van der Waals surface area contributed by atoms with Gasteiger partial charge in [0.15, 0.2) is 11.4 Å². The van der Waals surface area contributed by atoms with Gasteiger partial charge in [0.05, 0.1) is 30.5 Å². The lowest BCUT2D eigenvalue weighted by molar-refractivity contribution is -0.136. The highest BCUT2D eigenvalue weighted by molar-refractivity contribution is 7.09. The lowest BCUT2D eigenvalue weighted by Gasteiger charge is -2.22. The Hall–Kier alpha value is -2.70. The molecule has 4 rings (SSSR count). The van der Waals surface area contributed by atoms with Crippen LogP contribution < -0.4 is 4.90 Å². The summed E-state index contributed by atoms with van der Waals surface area (Å²) < 4.78 is 5.30. The zero-order chi connectivity index (χ0) is 19.2. The summed E-state index contributed by atoms with van der Waals surface area (Å²) in [6, 6.07) is 11.0. The molecule has 0 saturated carbocycles. The van der Waals surface area contributed by atoms with Crippen molar-refractivity contribution in [2.24, 2.45) is 0 Å². The van der Waals surface area contributed by atoms with Gasteiger partial charge >= 0.3 is 0 Å². The number of furan rings is 1. The lowest BCUT2D eigenvalue weighted by atomic mass is 9.87. The van der Waals surface area contributed by atoms with Crippen LogP contribution in [-0.4, -0.2) is 16.8 Å². The van der Waals surface area contributed by atoms with E-state index in [-0.39, 0.29) is 12.2 Å². The van der Waals surface area contributed by atoms with Crippen molar-refractivity contribution in [1.82, 2.24) is 0 Å². The van der Waals surface area contributed by atoms with E-state index in [1.807, 2.05) is 23.6 Å². The Morgan fingerprint density at radius 2 is 2.00 bits per heavy atom. The van der Waals surface area contributed by atoms with Gasteiger partial charge in [0.1, 0.15) is 5.76 Å². The number of carbonyl (C=O) groups excluding carboxylic acids is 2. The van der Waals surface area contributed by atoms with Crippen molar-refractivity contribution in [2.75, 3.05) is 4.90 Å². The van der Waals surface area contributed by atoms with Crippen molar-refractivity contribution in [2.45, 2.75) is 32.4 Å². The number of amides is 1.